The third-order valence-corrected chi connectivity index (χ3v) is 2.88. The average molecular weight is 142 g/mol. The summed E-state index contributed by atoms with van der Waals surface area (Å²) in [6.07, 6.45) is 4.06. The highest BCUT2D eigenvalue weighted by Crippen LogP contribution is 2.41. The lowest BCUT2D eigenvalue weighted by Crippen LogP contribution is -2.43. The number of fused-ring (bicyclic) bond motifs is 3. The van der Waals surface area contributed by atoms with Crippen LogP contribution < -0.4 is 0 Å². The molecule has 58 valence electrons. The number of hydrogen-bond acceptors (Lipinski definition) is 2. The van der Waals surface area contributed by atoms with Gasteiger partial charge in [-0.05, 0) is 25.2 Å². The smallest absolute Gasteiger partial charge is 0.0630 e. The molecule has 0 radical (unpaired) electrons. The summed E-state index contributed by atoms with van der Waals surface area (Å²) in [7, 11) is 0. The fourth-order valence-electron chi connectivity index (χ4n) is 2.13. The molecule has 0 aromatic rings. The molecule has 0 amide bonds. The number of ether oxygens (including phenoxy) is 1. The second kappa shape index (κ2) is 2.51. The highest BCUT2D eigenvalue weighted by molar-refractivity contribution is 4.91. The van der Waals surface area contributed by atoms with E-state index in [1.54, 1.807) is 0 Å². The van der Waals surface area contributed by atoms with Crippen LogP contribution in [0.15, 0.2) is 0 Å². The lowest BCUT2D eigenvalue weighted by Gasteiger charge is -2.40. The first kappa shape index (κ1) is 6.62. The predicted octanol–water partition coefficient (Wildman–Crippen LogP) is 0.794. The van der Waals surface area contributed by atoms with Crippen LogP contribution in [0.25, 0.3) is 0 Å². The Hall–Kier alpha value is -0.0800. The molecule has 0 spiro atoms. The summed E-state index contributed by atoms with van der Waals surface area (Å²) in [6.45, 7) is 1.24. The Bertz CT molecular complexity index is 108. The molecular weight excluding hydrogens is 128 g/mol. The van der Waals surface area contributed by atoms with Crippen LogP contribution in [0.3, 0.4) is 0 Å². The van der Waals surface area contributed by atoms with Crippen molar-refractivity contribution in [1.82, 2.24) is 0 Å². The summed E-state index contributed by atoms with van der Waals surface area (Å²) < 4.78 is 5.51. The van der Waals surface area contributed by atoms with Gasteiger partial charge in [0.05, 0.1) is 6.10 Å². The van der Waals surface area contributed by atoms with Crippen molar-refractivity contribution in [2.45, 2.75) is 25.4 Å². The molecule has 1 N–H and O–H groups in total. The van der Waals surface area contributed by atoms with Crippen molar-refractivity contribution < 1.29 is 9.84 Å². The van der Waals surface area contributed by atoms with Crippen molar-refractivity contribution in [3.05, 3.63) is 0 Å². The van der Waals surface area contributed by atoms with Gasteiger partial charge in [0.25, 0.3) is 0 Å². The van der Waals surface area contributed by atoms with Gasteiger partial charge in [-0.2, -0.15) is 0 Å². The number of aliphatic hydroxyl groups excluding tert-OH is 1. The van der Waals surface area contributed by atoms with Gasteiger partial charge in [0.1, 0.15) is 0 Å². The van der Waals surface area contributed by atoms with Crippen molar-refractivity contribution in [3.8, 4) is 0 Å². The van der Waals surface area contributed by atoms with E-state index in [9.17, 15) is 0 Å². The average Bonchev–Trinajstić information content (AvgIpc) is 2.19. The molecular formula is C8H14O2. The van der Waals surface area contributed by atoms with Crippen LogP contribution in [-0.4, -0.2) is 24.4 Å². The fourth-order valence-corrected chi connectivity index (χ4v) is 2.13. The van der Waals surface area contributed by atoms with E-state index in [-0.39, 0.29) is 0 Å². The minimum Gasteiger partial charge on any atom is -0.396 e. The van der Waals surface area contributed by atoms with Gasteiger partial charge >= 0.3 is 0 Å². The van der Waals surface area contributed by atoms with Crippen LogP contribution in [-0.2, 0) is 4.74 Å². The van der Waals surface area contributed by atoms with Crippen LogP contribution >= 0.6 is 0 Å². The van der Waals surface area contributed by atoms with Gasteiger partial charge in [0.15, 0.2) is 0 Å². The first-order valence-electron chi connectivity index (χ1n) is 4.14. The lowest BCUT2D eigenvalue weighted by atomic mass is 9.70. The maximum Gasteiger partial charge on any atom is 0.0630 e. The molecule has 2 heteroatoms. The molecule has 1 saturated carbocycles. The minimum atomic E-state index is 0.329. The van der Waals surface area contributed by atoms with E-state index in [4.69, 9.17) is 9.84 Å². The van der Waals surface area contributed by atoms with Crippen molar-refractivity contribution in [3.63, 3.8) is 0 Å². The van der Waals surface area contributed by atoms with Crippen LogP contribution in [0, 0.1) is 11.8 Å². The second-order valence-corrected chi connectivity index (χ2v) is 3.39. The monoisotopic (exact) mass is 142 g/mol. The third kappa shape index (κ3) is 0.867. The zero-order chi connectivity index (χ0) is 6.97. The molecule has 2 aliphatic heterocycles. The normalized spacial score (nSPS) is 45.9. The van der Waals surface area contributed by atoms with Crippen LogP contribution in [0.5, 0.6) is 0 Å². The van der Waals surface area contributed by atoms with E-state index >= 15 is 0 Å². The number of hydrogen-bond donors (Lipinski definition) is 1. The molecule has 0 aromatic heterocycles. The van der Waals surface area contributed by atoms with E-state index in [1.807, 2.05) is 0 Å². The summed E-state index contributed by atoms with van der Waals surface area (Å²) >= 11 is 0. The standard InChI is InChI=1S/C8H14O2/c9-5-7-6-2-1-3-10-8(7)4-6/h6-9H,1-5H2. The second-order valence-electron chi connectivity index (χ2n) is 3.39. The Balaban J connectivity index is 1.98. The number of aliphatic hydroxyl groups is 1. The first-order valence-corrected chi connectivity index (χ1v) is 4.14. The van der Waals surface area contributed by atoms with Gasteiger partial charge in [-0.15, -0.1) is 0 Å². The Morgan fingerprint density at radius 1 is 1.50 bits per heavy atom. The topological polar surface area (TPSA) is 29.5 Å². The summed E-state index contributed by atoms with van der Waals surface area (Å²) in [5, 5.41) is 8.94. The molecule has 2 nitrogen and oxygen atoms in total. The van der Waals surface area contributed by atoms with E-state index in [0.29, 0.717) is 18.6 Å². The Kier molecular flexibility index (Phi) is 1.66. The van der Waals surface area contributed by atoms with E-state index in [0.717, 1.165) is 12.5 Å². The Labute approximate surface area is 61.2 Å². The number of rotatable bonds is 1. The van der Waals surface area contributed by atoms with Gasteiger partial charge in [0.2, 0.25) is 0 Å². The fraction of sp³-hybridized carbons (Fsp3) is 1.00. The highest BCUT2D eigenvalue weighted by Gasteiger charge is 2.42. The maximum absolute atomic E-state index is 8.94. The van der Waals surface area contributed by atoms with Crippen molar-refractivity contribution in [2.75, 3.05) is 13.2 Å². The van der Waals surface area contributed by atoms with Crippen molar-refractivity contribution in [2.24, 2.45) is 11.8 Å². The molecule has 1 aliphatic carbocycles. The van der Waals surface area contributed by atoms with E-state index in [1.165, 1.54) is 19.3 Å². The van der Waals surface area contributed by atoms with Gasteiger partial charge in [-0.1, -0.05) is 0 Å². The van der Waals surface area contributed by atoms with E-state index in [2.05, 4.69) is 0 Å². The zero-order valence-electron chi connectivity index (χ0n) is 6.12. The third-order valence-electron chi connectivity index (χ3n) is 2.88. The van der Waals surface area contributed by atoms with Crippen molar-refractivity contribution >= 4 is 0 Å². The highest BCUT2D eigenvalue weighted by atomic mass is 16.5. The Morgan fingerprint density at radius 3 is 3.20 bits per heavy atom. The van der Waals surface area contributed by atoms with Gasteiger partial charge in [0, 0.05) is 19.1 Å². The van der Waals surface area contributed by atoms with Gasteiger partial charge in [-0.25, -0.2) is 0 Å². The molecule has 2 heterocycles. The molecule has 3 rings (SSSR count). The van der Waals surface area contributed by atoms with Crippen LogP contribution in [0.1, 0.15) is 19.3 Å². The molecule has 10 heavy (non-hydrogen) atoms. The summed E-state index contributed by atoms with van der Waals surface area (Å²) in [4.78, 5) is 0. The summed E-state index contributed by atoms with van der Waals surface area (Å²) in [6, 6.07) is 0. The minimum absolute atomic E-state index is 0.329. The summed E-state index contributed by atoms with van der Waals surface area (Å²) in [5.41, 5.74) is 0. The quantitative estimate of drug-likeness (QED) is 0.586. The first-order chi connectivity index (χ1) is 4.92. The molecule has 3 atom stereocenters. The Morgan fingerprint density at radius 2 is 2.40 bits per heavy atom. The zero-order valence-corrected chi connectivity index (χ0v) is 6.12. The molecule has 3 fully saturated rings. The van der Waals surface area contributed by atoms with Gasteiger partial charge in [-0.3, -0.25) is 0 Å². The van der Waals surface area contributed by atoms with E-state index < -0.39 is 0 Å². The summed E-state index contributed by atoms with van der Waals surface area (Å²) in [5.74, 6) is 1.25. The molecule has 2 bridgehead atoms. The molecule has 2 saturated heterocycles. The van der Waals surface area contributed by atoms with Crippen LogP contribution in [0.2, 0.25) is 0 Å². The lowest BCUT2D eigenvalue weighted by molar-refractivity contribution is -0.0803. The molecule has 3 aliphatic rings. The SMILES string of the molecule is OCC1C2CCCOC1C2. The molecule has 0 aromatic carbocycles. The largest absolute Gasteiger partial charge is 0.396 e. The van der Waals surface area contributed by atoms with Crippen molar-refractivity contribution in [1.29, 1.82) is 0 Å². The van der Waals surface area contributed by atoms with Gasteiger partial charge < -0.3 is 9.84 Å². The predicted molar refractivity (Wildman–Crippen MR) is 37.7 cm³/mol. The van der Waals surface area contributed by atoms with Crippen LogP contribution in [0.4, 0.5) is 0 Å². The maximum atomic E-state index is 8.94. The molecule has 3 unspecified atom stereocenters.